The molecule has 3 aromatic rings. The second-order valence-corrected chi connectivity index (χ2v) is 10.8. The molecule has 40 heavy (non-hydrogen) atoms. The number of aromatic nitrogens is 1. The summed E-state index contributed by atoms with van der Waals surface area (Å²) in [6.45, 7) is 5.90. The fraction of sp³-hybridized carbons (Fsp3) is 0.407. The number of rotatable bonds is 7. The smallest absolute Gasteiger partial charge is 0.302 e. The lowest BCUT2D eigenvalue weighted by Gasteiger charge is -2.34. The zero-order valence-corrected chi connectivity index (χ0v) is 23.5. The Kier molecular flexibility index (Phi) is 10.3. The number of benzene rings is 1. The van der Waals surface area contributed by atoms with Gasteiger partial charge in [0.15, 0.2) is 5.76 Å². The molecule has 1 atom stereocenters. The van der Waals surface area contributed by atoms with Crippen molar-refractivity contribution in [1.82, 2.24) is 19.9 Å². The molecule has 1 aliphatic heterocycles. The molecule has 1 saturated heterocycles. The molecule has 12 nitrogen and oxygen atoms in total. The van der Waals surface area contributed by atoms with Crippen LogP contribution in [0.1, 0.15) is 44.2 Å². The van der Waals surface area contributed by atoms with E-state index in [4.69, 9.17) is 9.15 Å². The second-order valence-electron chi connectivity index (χ2n) is 9.77. The minimum atomic E-state index is -3.10. The summed E-state index contributed by atoms with van der Waals surface area (Å²) in [5.41, 5.74) is -2.13. The molecular weight excluding hydrogens is 540 g/mol. The van der Waals surface area contributed by atoms with E-state index < -0.39 is 35.8 Å². The molecule has 2 aromatic heterocycles. The van der Waals surface area contributed by atoms with Crippen LogP contribution in [0, 0.1) is 5.92 Å². The van der Waals surface area contributed by atoms with Crippen LogP contribution in [0.4, 0.5) is 0 Å². The van der Waals surface area contributed by atoms with Crippen molar-refractivity contribution in [2.45, 2.75) is 50.3 Å². The molecular formula is C27H34N4O8S. The van der Waals surface area contributed by atoms with Crippen molar-refractivity contribution in [1.29, 1.82) is 0 Å². The van der Waals surface area contributed by atoms with Gasteiger partial charge in [0.2, 0.25) is 11.6 Å². The quantitative estimate of drug-likeness (QED) is 0.206. The fourth-order valence-electron chi connectivity index (χ4n) is 3.66. The minimum absolute atomic E-state index is 0.00569. The molecule has 0 bridgehead atoms. The van der Waals surface area contributed by atoms with Crippen LogP contribution in [0.3, 0.4) is 0 Å². The molecule has 5 N–H and O–H groups in total. The Morgan fingerprint density at radius 3 is 2.55 bits per heavy atom. The van der Waals surface area contributed by atoms with Crippen molar-refractivity contribution < 1.29 is 38.9 Å². The summed E-state index contributed by atoms with van der Waals surface area (Å²) < 4.78 is 11.6. The number of methoxy groups -OCH3 is 1. The number of ketones is 1. The third-order valence-corrected chi connectivity index (χ3v) is 6.56. The fourth-order valence-corrected chi connectivity index (χ4v) is 4.57. The number of hydrogen-bond acceptors (Lipinski definition) is 11. The van der Waals surface area contributed by atoms with Crippen LogP contribution in [-0.4, -0.2) is 74.0 Å². The maximum atomic E-state index is 12.9. The Hall–Kier alpha value is -3.49. The number of carbonyl (C=O) groups excluding carboxylic acids is 3. The topological polar surface area (TPSA) is 174 Å². The number of amides is 2. The van der Waals surface area contributed by atoms with Gasteiger partial charge in [-0.25, -0.2) is 4.98 Å². The lowest BCUT2D eigenvalue weighted by molar-refractivity contribution is -0.233. The highest BCUT2D eigenvalue weighted by Crippen LogP contribution is 2.33. The number of ether oxygens (including phenoxy) is 1. The summed E-state index contributed by atoms with van der Waals surface area (Å²) in [5, 5.41) is 37.4. The van der Waals surface area contributed by atoms with Gasteiger partial charge in [-0.2, -0.15) is 4.31 Å². The number of Topliss-reactive ketones (excluding diaryl/α,β-unsaturated/α-hetero) is 1. The van der Waals surface area contributed by atoms with Gasteiger partial charge in [0.25, 0.3) is 11.7 Å². The van der Waals surface area contributed by atoms with Crippen LogP contribution in [0.5, 0.6) is 5.75 Å². The van der Waals surface area contributed by atoms with E-state index >= 15 is 0 Å². The summed E-state index contributed by atoms with van der Waals surface area (Å²) in [6, 6.07) is 11.5. The van der Waals surface area contributed by atoms with Gasteiger partial charge in [-0.15, -0.1) is 0 Å². The predicted molar refractivity (Wildman–Crippen MR) is 147 cm³/mol. The van der Waals surface area contributed by atoms with Crippen LogP contribution >= 0.6 is 11.9 Å². The van der Waals surface area contributed by atoms with Gasteiger partial charge >= 0.3 is 5.91 Å². The van der Waals surface area contributed by atoms with Crippen LogP contribution in [-0.2, 0) is 9.59 Å². The first kappa shape index (κ1) is 31.0. The molecule has 216 valence electrons. The van der Waals surface area contributed by atoms with Gasteiger partial charge in [-0.3, -0.25) is 14.4 Å². The first-order chi connectivity index (χ1) is 18.9. The van der Waals surface area contributed by atoms with Crippen molar-refractivity contribution in [3.05, 3.63) is 54.4 Å². The molecule has 0 spiro atoms. The molecule has 2 amide bonds. The average molecular weight is 575 g/mol. The summed E-state index contributed by atoms with van der Waals surface area (Å²) in [5.74, 6) is -4.78. The highest BCUT2D eigenvalue weighted by molar-refractivity contribution is 7.97. The maximum Gasteiger partial charge on any atom is 0.302 e. The van der Waals surface area contributed by atoms with Crippen molar-refractivity contribution in [3.63, 3.8) is 0 Å². The lowest BCUT2D eigenvalue weighted by atomic mass is 10.0. The molecule has 4 rings (SSSR count). The maximum absolute atomic E-state index is 12.9. The highest BCUT2D eigenvalue weighted by atomic mass is 32.2. The monoisotopic (exact) mass is 574 g/mol. The average Bonchev–Trinajstić information content (AvgIpc) is 3.31. The minimum Gasteiger partial charge on any atom is -0.497 e. The van der Waals surface area contributed by atoms with Crippen molar-refractivity contribution >= 4 is 40.5 Å². The number of carbonyl (C=O) groups is 3. The SMILES string of the molecule is CC(C)C.COc1ccc2oc(C(=O)NCC(=O)N[C@@]3(O)CCCN(Sc4ccccn4)C(O)(O)C3=O)cc2c1. The normalized spacial score (nSPS) is 18.9. The molecule has 13 heteroatoms. The number of nitrogens with zero attached hydrogens (tertiary/aromatic N) is 2. The van der Waals surface area contributed by atoms with Crippen molar-refractivity contribution in [2.75, 3.05) is 20.2 Å². The van der Waals surface area contributed by atoms with Gasteiger partial charge in [-0.05, 0) is 60.7 Å². The molecule has 1 aromatic carbocycles. The summed E-state index contributed by atoms with van der Waals surface area (Å²) in [4.78, 5) is 41.9. The van der Waals surface area contributed by atoms with Gasteiger partial charge < -0.3 is 35.1 Å². The Morgan fingerprint density at radius 1 is 1.18 bits per heavy atom. The number of nitrogens with one attached hydrogen (secondary N) is 2. The molecule has 1 fully saturated rings. The Balaban J connectivity index is 0.00000103. The first-order valence-corrected chi connectivity index (χ1v) is 13.4. The molecule has 0 aliphatic carbocycles. The van der Waals surface area contributed by atoms with E-state index in [0.29, 0.717) is 21.7 Å². The van der Waals surface area contributed by atoms with Crippen molar-refractivity contribution in [2.24, 2.45) is 5.92 Å². The van der Waals surface area contributed by atoms with Gasteiger partial charge in [0.1, 0.15) is 16.4 Å². The van der Waals surface area contributed by atoms with E-state index in [9.17, 15) is 29.7 Å². The zero-order chi connectivity index (χ0) is 29.5. The van der Waals surface area contributed by atoms with E-state index in [-0.39, 0.29) is 25.1 Å². The second kappa shape index (κ2) is 13.2. The van der Waals surface area contributed by atoms with E-state index in [2.05, 4.69) is 36.4 Å². The van der Waals surface area contributed by atoms with E-state index in [1.165, 1.54) is 19.4 Å². The van der Waals surface area contributed by atoms with Crippen LogP contribution in [0.15, 0.2) is 58.1 Å². The van der Waals surface area contributed by atoms with Gasteiger partial charge in [0.05, 0.1) is 13.7 Å². The van der Waals surface area contributed by atoms with Crippen LogP contribution in [0.2, 0.25) is 0 Å². The summed E-state index contributed by atoms with van der Waals surface area (Å²) in [7, 11) is 1.51. The highest BCUT2D eigenvalue weighted by Gasteiger charge is 2.55. The van der Waals surface area contributed by atoms with Crippen molar-refractivity contribution in [3.8, 4) is 5.75 Å². The Morgan fingerprint density at radius 2 is 1.90 bits per heavy atom. The van der Waals surface area contributed by atoms with Crippen LogP contribution < -0.4 is 15.4 Å². The van der Waals surface area contributed by atoms with Crippen LogP contribution in [0.25, 0.3) is 11.0 Å². The number of aliphatic hydroxyl groups is 3. The molecule has 0 saturated carbocycles. The predicted octanol–water partition coefficient (Wildman–Crippen LogP) is 2.04. The standard InChI is InChI=1S/C23H24N4O8S.C4H10/c1-34-15-6-7-16-14(11-15)12-17(35-16)20(29)25-13-18(28)26-22(31)8-4-10-27(23(32,33)21(22)30)36-19-5-2-3-9-24-19;1-4(2)3/h2-3,5-7,9,11-12,31-33H,4,8,10,13H2,1H3,(H,25,29)(H,26,28);4H,1-3H3/t22-;/m1./s1. The Bertz CT molecular complexity index is 1330. The lowest BCUT2D eigenvalue weighted by Crippen LogP contribution is -2.65. The van der Waals surface area contributed by atoms with E-state index in [0.717, 1.165) is 22.2 Å². The third-order valence-electron chi connectivity index (χ3n) is 5.47. The number of hydrogen-bond donors (Lipinski definition) is 5. The first-order valence-electron chi connectivity index (χ1n) is 12.6. The largest absolute Gasteiger partial charge is 0.497 e. The van der Waals surface area contributed by atoms with Gasteiger partial charge in [0, 0.05) is 24.5 Å². The van der Waals surface area contributed by atoms with E-state index in [1.54, 1.807) is 36.4 Å². The third kappa shape index (κ3) is 7.79. The van der Waals surface area contributed by atoms with Gasteiger partial charge in [-0.1, -0.05) is 26.8 Å². The number of pyridine rings is 1. The Labute approximate surface area is 235 Å². The molecule has 1 aliphatic rings. The number of furan rings is 1. The number of fused-ring (bicyclic) bond motifs is 1. The zero-order valence-electron chi connectivity index (χ0n) is 22.7. The molecule has 3 heterocycles. The molecule has 0 radical (unpaired) electrons. The van der Waals surface area contributed by atoms with E-state index in [1.807, 2.05) is 0 Å². The summed E-state index contributed by atoms with van der Waals surface area (Å²) >= 11 is 0.826. The summed E-state index contributed by atoms with van der Waals surface area (Å²) in [6.07, 6.45) is 1.37. The molecule has 0 unspecified atom stereocenters.